The fourth-order valence-corrected chi connectivity index (χ4v) is 1.80. The molecule has 0 radical (unpaired) electrons. The second-order valence-corrected chi connectivity index (χ2v) is 3.87. The Bertz CT molecular complexity index is 352. The van der Waals surface area contributed by atoms with E-state index in [1.807, 2.05) is 19.3 Å². The van der Waals surface area contributed by atoms with Crippen molar-refractivity contribution in [3.63, 3.8) is 0 Å². The van der Waals surface area contributed by atoms with Gasteiger partial charge in [0.05, 0.1) is 23.3 Å². The molecule has 1 fully saturated rings. The third-order valence-electron chi connectivity index (χ3n) is 2.84. The number of anilines is 1. The van der Waals surface area contributed by atoms with Gasteiger partial charge in [0.1, 0.15) is 0 Å². The van der Waals surface area contributed by atoms with E-state index in [2.05, 4.69) is 33.2 Å². The zero-order valence-corrected chi connectivity index (χ0v) is 9.66. The van der Waals surface area contributed by atoms with Gasteiger partial charge in [-0.3, -0.25) is 4.98 Å². The van der Waals surface area contributed by atoms with Crippen LogP contribution in [0.3, 0.4) is 0 Å². The van der Waals surface area contributed by atoms with E-state index in [1.165, 1.54) is 5.69 Å². The molecule has 0 aromatic carbocycles. The number of hydrogen-bond donors (Lipinski definition) is 2. The van der Waals surface area contributed by atoms with Crippen molar-refractivity contribution in [1.29, 1.82) is 0 Å². The number of aromatic nitrogens is 1. The smallest absolute Gasteiger partial charge is 0.0856 e. The number of nitrogens with one attached hydrogen (secondary N) is 2. The van der Waals surface area contributed by atoms with Crippen LogP contribution in [0.4, 0.5) is 5.69 Å². The van der Waals surface area contributed by atoms with Crippen molar-refractivity contribution in [2.75, 3.05) is 38.1 Å². The molecule has 2 heterocycles. The SMILES string of the molecule is C=C(NC)c1ccc(N2CCNCC2)cn1. The normalized spacial score (nSPS) is 15.9. The lowest BCUT2D eigenvalue weighted by atomic mass is 10.2. The second-order valence-electron chi connectivity index (χ2n) is 3.87. The minimum atomic E-state index is 0.854. The average molecular weight is 218 g/mol. The molecule has 1 aromatic rings. The highest BCUT2D eigenvalue weighted by molar-refractivity contribution is 5.59. The quantitative estimate of drug-likeness (QED) is 0.783. The van der Waals surface area contributed by atoms with E-state index in [-0.39, 0.29) is 0 Å². The number of pyridine rings is 1. The summed E-state index contributed by atoms with van der Waals surface area (Å²) in [5.74, 6) is 0. The van der Waals surface area contributed by atoms with Crippen LogP contribution >= 0.6 is 0 Å². The first kappa shape index (κ1) is 11.0. The molecule has 0 spiro atoms. The lowest BCUT2D eigenvalue weighted by molar-refractivity contribution is 0.588. The summed E-state index contributed by atoms with van der Waals surface area (Å²) in [5, 5.41) is 6.34. The number of nitrogens with zero attached hydrogens (tertiary/aromatic N) is 2. The van der Waals surface area contributed by atoms with E-state index in [0.717, 1.165) is 37.6 Å². The summed E-state index contributed by atoms with van der Waals surface area (Å²) in [5.41, 5.74) is 2.95. The first-order valence-electron chi connectivity index (χ1n) is 5.60. The van der Waals surface area contributed by atoms with Gasteiger partial charge >= 0.3 is 0 Å². The molecule has 16 heavy (non-hydrogen) atoms. The second kappa shape index (κ2) is 4.99. The molecule has 0 unspecified atom stereocenters. The van der Waals surface area contributed by atoms with Crippen molar-refractivity contribution in [2.24, 2.45) is 0 Å². The summed E-state index contributed by atoms with van der Waals surface area (Å²) < 4.78 is 0. The summed E-state index contributed by atoms with van der Waals surface area (Å²) in [6.45, 7) is 8.08. The Hall–Kier alpha value is -1.55. The topological polar surface area (TPSA) is 40.2 Å². The summed E-state index contributed by atoms with van der Waals surface area (Å²) in [4.78, 5) is 6.74. The van der Waals surface area contributed by atoms with Gasteiger partial charge in [0.15, 0.2) is 0 Å². The van der Waals surface area contributed by atoms with E-state index in [4.69, 9.17) is 0 Å². The van der Waals surface area contributed by atoms with Crippen LogP contribution in [0.5, 0.6) is 0 Å². The lowest BCUT2D eigenvalue weighted by Gasteiger charge is -2.29. The molecule has 1 aliphatic rings. The largest absolute Gasteiger partial charge is 0.387 e. The van der Waals surface area contributed by atoms with Gasteiger partial charge in [-0.25, -0.2) is 0 Å². The molecule has 0 aliphatic carbocycles. The Morgan fingerprint density at radius 2 is 2.19 bits per heavy atom. The fraction of sp³-hybridized carbons (Fsp3) is 0.417. The maximum absolute atomic E-state index is 4.40. The van der Waals surface area contributed by atoms with Gasteiger partial charge in [-0.05, 0) is 12.1 Å². The molecule has 4 heteroatoms. The van der Waals surface area contributed by atoms with Gasteiger partial charge in [0.25, 0.3) is 0 Å². The molecular weight excluding hydrogens is 200 g/mol. The minimum absolute atomic E-state index is 0.854. The van der Waals surface area contributed by atoms with Crippen molar-refractivity contribution >= 4 is 11.4 Å². The van der Waals surface area contributed by atoms with Crippen molar-refractivity contribution in [3.8, 4) is 0 Å². The summed E-state index contributed by atoms with van der Waals surface area (Å²) in [7, 11) is 1.86. The third-order valence-corrected chi connectivity index (χ3v) is 2.84. The fourth-order valence-electron chi connectivity index (χ4n) is 1.80. The van der Waals surface area contributed by atoms with Crippen LogP contribution in [0.2, 0.25) is 0 Å². The van der Waals surface area contributed by atoms with Crippen molar-refractivity contribution < 1.29 is 0 Å². The Labute approximate surface area is 96.4 Å². The van der Waals surface area contributed by atoms with E-state index in [0.29, 0.717) is 0 Å². The van der Waals surface area contributed by atoms with Crippen LogP contribution in [-0.2, 0) is 0 Å². The van der Waals surface area contributed by atoms with Crippen LogP contribution in [0.25, 0.3) is 5.70 Å². The molecule has 2 rings (SSSR count). The zero-order chi connectivity index (χ0) is 11.4. The van der Waals surface area contributed by atoms with Gasteiger partial charge in [-0.15, -0.1) is 0 Å². The van der Waals surface area contributed by atoms with Crippen molar-refractivity contribution in [3.05, 3.63) is 30.6 Å². The highest BCUT2D eigenvalue weighted by atomic mass is 15.2. The molecule has 1 aliphatic heterocycles. The van der Waals surface area contributed by atoms with Gasteiger partial charge < -0.3 is 15.5 Å². The van der Waals surface area contributed by atoms with Gasteiger partial charge in [0, 0.05) is 33.2 Å². The molecule has 0 bridgehead atoms. The van der Waals surface area contributed by atoms with E-state index in [1.54, 1.807) is 0 Å². The molecule has 0 saturated carbocycles. The van der Waals surface area contributed by atoms with Crippen molar-refractivity contribution in [1.82, 2.24) is 15.6 Å². The standard InChI is InChI=1S/C12H18N4/c1-10(13-2)12-4-3-11(9-15-12)16-7-5-14-6-8-16/h3-4,9,13-14H,1,5-8H2,2H3. The van der Waals surface area contributed by atoms with Gasteiger partial charge in [-0.1, -0.05) is 6.58 Å². The van der Waals surface area contributed by atoms with Crippen LogP contribution in [-0.4, -0.2) is 38.2 Å². The molecule has 4 nitrogen and oxygen atoms in total. The zero-order valence-electron chi connectivity index (χ0n) is 9.66. The van der Waals surface area contributed by atoms with Crippen LogP contribution < -0.4 is 15.5 Å². The molecule has 0 atom stereocenters. The number of rotatable bonds is 3. The third kappa shape index (κ3) is 2.33. The predicted molar refractivity (Wildman–Crippen MR) is 67.4 cm³/mol. The maximum Gasteiger partial charge on any atom is 0.0856 e. The highest BCUT2D eigenvalue weighted by Crippen LogP contribution is 2.15. The van der Waals surface area contributed by atoms with Crippen LogP contribution in [0.15, 0.2) is 24.9 Å². The average Bonchev–Trinajstić information content (AvgIpc) is 2.39. The molecule has 1 aromatic heterocycles. The highest BCUT2D eigenvalue weighted by Gasteiger charge is 2.10. The lowest BCUT2D eigenvalue weighted by Crippen LogP contribution is -2.43. The summed E-state index contributed by atoms with van der Waals surface area (Å²) in [6, 6.07) is 4.12. The van der Waals surface area contributed by atoms with E-state index < -0.39 is 0 Å². The van der Waals surface area contributed by atoms with E-state index >= 15 is 0 Å². The molecule has 0 amide bonds. The van der Waals surface area contributed by atoms with Crippen molar-refractivity contribution in [2.45, 2.75) is 0 Å². The number of piperazine rings is 1. The summed E-state index contributed by atoms with van der Waals surface area (Å²) >= 11 is 0. The molecule has 86 valence electrons. The molecular formula is C12H18N4. The predicted octanol–water partition coefficient (Wildman–Crippen LogP) is 0.681. The van der Waals surface area contributed by atoms with Gasteiger partial charge in [0.2, 0.25) is 0 Å². The Morgan fingerprint density at radius 1 is 1.44 bits per heavy atom. The first-order chi connectivity index (χ1) is 7.81. The van der Waals surface area contributed by atoms with Crippen LogP contribution in [0.1, 0.15) is 5.69 Å². The van der Waals surface area contributed by atoms with E-state index in [9.17, 15) is 0 Å². The Kier molecular flexibility index (Phi) is 3.41. The van der Waals surface area contributed by atoms with Gasteiger partial charge in [-0.2, -0.15) is 0 Å². The minimum Gasteiger partial charge on any atom is -0.387 e. The monoisotopic (exact) mass is 218 g/mol. The Morgan fingerprint density at radius 3 is 2.75 bits per heavy atom. The molecule has 2 N–H and O–H groups in total. The molecule has 1 saturated heterocycles. The Balaban J connectivity index is 2.09. The van der Waals surface area contributed by atoms with Crippen LogP contribution in [0, 0.1) is 0 Å². The summed E-state index contributed by atoms with van der Waals surface area (Å²) in [6.07, 6.45) is 1.92. The first-order valence-corrected chi connectivity index (χ1v) is 5.60. The number of hydrogen-bond acceptors (Lipinski definition) is 4. The maximum atomic E-state index is 4.40.